The lowest BCUT2D eigenvalue weighted by molar-refractivity contribution is 0.356. The van der Waals surface area contributed by atoms with E-state index in [2.05, 4.69) is 35.9 Å². The molecule has 0 amide bonds. The van der Waals surface area contributed by atoms with Gasteiger partial charge in [0, 0.05) is 17.0 Å². The van der Waals surface area contributed by atoms with Crippen molar-refractivity contribution in [2.75, 3.05) is 14.2 Å². The van der Waals surface area contributed by atoms with E-state index in [4.69, 9.17) is 9.47 Å². The number of aromatic nitrogens is 2. The quantitative estimate of drug-likeness (QED) is 0.711. The van der Waals surface area contributed by atoms with Crippen molar-refractivity contribution in [3.63, 3.8) is 0 Å². The molecule has 0 spiro atoms. The van der Waals surface area contributed by atoms with Gasteiger partial charge in [-0.1, -0.05) is 38.1 Å². The molecule has 0 bridgehead atoms. The maximum absolute atomic E-state index is 9.28. The SMILES string of the molecule is COc1cc2nc(C#N)nc(-c3ccc(C(C)C)cc3)c2cc1OC. The summed E-state index contributed by atoms with van der Waals surface area (Å²) in [7, 11) is 3.16. The van der Waals surface area contributed by atoms with Gasteiger partial charge >= 0.3 is 0 Å². The molecule has 5 nitrogen and oxygen atoms in total. The molecule has 0 unspecified atom stereocenters. The van der Waals surface area contributed by atoms with Crippen LogP contribution in [0.3, 0.4) is 0 Å². The average Bonchev–Trinajstić information content (AvgIpc) is 2.65. The van der Waals surface area contributed by atoms with Gasteiger partial charge in [-0.2, -0.15) is 5.26 Å². The summed E-state index contributed by atoms with van der Waals surface area (Å²) in [6, 6.07) is 13.9. The lowest BCUT2D eigenvalue weighted by Crippen LogP contribution is -1.98. The van der Waals surface area contributed by atoms with Crippen LogP contribution in [0.15, 0.2) is 36.4 Å². The molecule has 0 aliphatic heterocycles. The molecule has 0 radical (unpaired) electrons. The molecule has 0 fully saturated rings. The van der Waals surface area contributed by atoms with E-state index >= 15 is 0 Å². The molecule has 3 rings (SSSR count). The summed E-state index contributed by atoms with van der Waals surface area (Å²) in [5.74, 6) is 1.75. The Hall–Kier alpha value is -3.13. The van der Waals surface area contributed by atoms with Crippen LogP contribution < -0.4 is 9.47 Å². The number of fused-ring (bicyclic) bond motifs is 1. The van der Waals surface area contributed by atoms with E-state index in [1.54, 1.807) is 20.3 Å². The highest BCUT2D eigenvalue weighted by Crippen LogP contribution is 2.35. The third kappa shape index (κ3) is 3.11. The minimum Gasteiger partial charge on any atom is -0.493 e. The van der Waals surface area contributed by atoms with Crippen molar-refractivity contribution >= 4 is 10.9 Å². The molecular weight excluding hydrogens is 314 g/mol. The zero-order valence-corrected chi connectivity index (χ0v) is 14.7. The van der Waals surface area contributed by atoms with Crippen LogP contribution in [0.4, 0.5) is 0 Å². The Kier molecular flexibility index (Phi) is 4.53. The lowest BCUT2D eigenvalue weighted by Gasteiger charge is -2.12. The number of ether oxygens (including phenoxy) is 2. The fourth-order valence-corrected chi connectivity index (χ4v) is 2.75. The predicted molar refractivity (Wildman–Crippen MR) is 96.9 cm³/mol. The van der Waals surface area contributed by atoms with E-state index in [1.807, 2.05) is 24.3 Å². The van der Waals surface area contributed by atoms with E-state index in [9.17, 15) is 5.26 Å². The van der Waals surface area contributed by atoms with Crippen LogP contribution in [0.25, 0.3) is 22.2 Å². The highest BCUT2D eigenvalue weighted by molar-refractivity contribution is 5.94. The molecule has 2 aromatic carbocycles. The van der Waals surface area contributed by atoms with Gasteiger partial charge in [0.25, 0.3) is 0 Å². The van der Waals surface area contributed by atoms with E-state index in [-0.39, 0.29) is 5.82 Å². The average molecular weight is 333 g/mol. The maximum Gasteiger partial charge on any atom is 0.233 e. The summed E-state index contributed by atoms with van der Waals surface area (Å²) >= 11 is 0. The van der Waals surface area contributed by atoms with Gasteiger partial charge in [0.1, 0.15) is 6.07 Å². The molecule has 0 aliphatic carbocycles. The van der Waals surface area contributed by atoms with Gasteiger partial charge in [-0.3, -0.25) is 0 Å². The summed E-state index contributed by atoms with van der Waals surface area (Å²) in [5, 5.41) is 10.1. The number of benzene rings is 2. The number of hydrogen-bond donors (Lipinski definition) is 0. The van der Waals surface area contributed by atoms with E-state index in [1.165, 1.54) is 5.56 Å². The minimum atomic E-state index is 0.127. The van der Waals surface area contributed by atoms with Crippen LogP contribution >= 0.6 is 0 Å². The van der Waals surface area contributed by atoms with Gasteiger partial charge in [0.2, 0.25) is 5.82 Å². The molecule has 5 heteroatoms. The highest BCUT2D eigenvalue weighted by Gasteiger charge is 2.14. The third-order valence-corrected chi connectivity index (χ3v) is 4.15. The molecule has 25 heavy (non-hydrogen) atoms. The Labute approximate surface area is 146 Å². The van der Waals surface area contributed by atoms with Crippen LogP contribution in [0.5, 0.6) is 11.5 Å². The van der Waals surface area contributed by atoms with Gasteiger partial charge in [0.15, 0.2) is 11.5 Å². The molecule has 126 valence electrons. The van der Waals surface area contributed by atoms with Gasteiger partial charge in [-0.25, -0.2) is 9.97 Å². The van der Waals surface area contributed by atoms with Gasteiger partial charge in [-0.15, -0.1) is 0 Å². The van der Waals surface area contributed by atoms with Crippen molar-refractivity contribution in [3.8, 4) is 28.8 Å². The molecule has 0 saturated heterocycles. The van der Waals surface area contributed by atoms with Crippen LogP contribution in [0, 0.1) is 11.3 Å². The van der Waals surface area contributed by atoms with Crippen molar-refractivity contribution in [2.24, 2.45) is 0 Å². The molecule has 3 aromatic rings. The van der Waals surface area contributed by atoms with Gasteiger partial charge in [-0.05, 0) is 17.5 Å². The standard InChI is InChI=1S/C20H19N3O2/c1-12(2)13-5-7-14(8-6-13)20-15-9-17(24-3)18(25-4)10-16(15)22-19(11-21)23-20/h5-10,12H,1-4H3. The Morgan fingerprint density at radius 3 is 2.16 bits per heavy atom. The molecule has 1 heterocycles. The Morgan fingerprint density at radius 1 is 0.960 bits per heavy atom. The monoisotopic (exact) mass is 333 g/mol. The highest BCUT2D eigenvalue weighted by atomic mass is 16.5. The minimum absolute atomic E-state index is 0.127. The Morgan fingerprint density at radius 2 is 1.60 bits per heavy atom. The Bertz CT molecular complexity index is 957. The van der Waals surface area contributed by atoms with Crippen LogP contribution in [-0.4, -0.2) is 24.2 Å². The molecule has 0 saturated carbocycles. The second kappa shape index (κ2) is 6.78. The van der Waals surface area contributed by atoms with Crippen molar-refractivity contribution in [1.29, 1.82) is 5.26 Å². The fraction of sp³-hybridized carbons (Fsp3) is 0.250. The first-order valence-corrected chi connectivity index (χ1v) is 8.01. The maximum atomic E-state index is 9.28. The zero-order chi connectivity index (χ0) is 18.0. The first-order chi connectivity index (χ1) is 12.1. The fourth-order valence-electron chi connectivity index (χ4n) is 2.75. The van der Waals surface area contributed by atoms with Crippen molar-refractivity contribution in [3.05, 3.63) is 47.8 Å². The largest absolute Gasteiger partial charge is 0.493 e. The van der Waals surface area contributed by atoms with E-state index in [0.717, 1.165) is 10.9 Å². The third-order valence-electron chi connectivity index (χ3n) is 4.15. The molecule has 0 atom stereocenters. The lowest BCUT2D eigenvalue weighted by atomic mass is 9.99. The van der Waals surface area contributed by atoms with E-state index < -0.39 is 0 Å². The number of rotatable bonds is 4. The summed E-state index contributed by atoms with van der Waals surface area (Å²) in [5.41, 5.74) is 3.53. The predicted octanol–water partition coefficient (Wildman–Crippen LogP) is 4.31. The van der Waals surface area contributed by atoms with Gasteiger partial charge in [0.05, 0.1) is 25.4 Å². The zero-order valence-electron chi connectivity index (χ0n) is 14.7. The first kappa shape index (κ1) is 16.7. The molecule has 0 aliphatic rings. The first-order valence-electron chi connectivity index (χ1n) is 8.01. The summed E-state index contributed by atoms with van der Waals surface area (Å²) in [6.07, 6.45) is 0. The molecule has 1 aromatic heterocycles. The topological polar surface area (TPSA) is 68.0 Å². The number of hydrogen-bond acceptors (Lipinski definition) is 5. The van der Waals surface area contributed by atoms with E-state index in [0.29, 0.717) is 28.6 Å². The van der Waals surface area contributed by atoms with Crippen molar-refractivity contribution in [1.82, 2.24) is 9.97 Å². The molecular formula is C20H19N3O2. The normalized spacial score (nSPS) is 10.7. The van der Waals surface area contributed by atoms with Crippen molar-refractivity contribution in [2.45, 2.75) is 19.8 Å². The van der Waals surface area contributed by atoms with Gasteiger partial charge < -0.3 is 9.47 Å². The number of nitriles is 1. The summed E-state index contributed by atoms with van der Waals surface area (Å²) in [4.78, 5) is 8.73. The Balaban J connectivity index is 2.27. The summed E-state index contributed by atoms with van der Waals surface area (Å²) < 4.78 is 10.7. The summed E-state index contributed by atoms with van der Waals surface area (Å²) in [6.45, 7) is 4.31. The van der Waals surface area contributed by atoms with Crippen molar-refractivity contribution < 1.29 is 9.47 Å². The molecule has 0 N–H and O–H groups in total. The van der Waals surface area contributed by atoms with Crippen LogP contribution in [0.2, 0.25) is 0 Å². The van der Waals surface area contributed by atoms with Crippen LogP contribution in [0.1, 0.15) is 31.2 Å². The second-order valence-corrected chi connectivity index (χ2v) is 6.01. The number of nitrogens with zero attached hydrogens (tertiary/aromatic N) is 3. The smallest absolute Gasteiger partial charge is 0.233 e. The second-order valence-electron chi connectivity index (χ2n) is 6.01. The number of methoxy groups -OCH3 is 2. The van der Waals surface area contributed by atoms with Crippen LogP contribution in [-0.2, 0) is 0 Å².